The summed E-state index contributed by atoms with van der Waals surface area (Å²) in [5.74, 6) is -1.39. The molecule has 0 heterocycles. The zero-order valence-corrected chi connectivity index (χ0v) is 10.4. The monoisotopic (exact) mass is 250 g/mol. The van der Waals surface area contributed by atoms with Crippen LogP contribution in [0.3, 0.4) is 0 Å². The Hall–Kier alpha value is -1.93. The van der Waals surface area contributed by atoms with Crippen LogP contribution >= 0.6 is 0 Å². The Kier molecular flexibility index (Phi) is 4.81. The fourth-order valence-electron chi connectivity index (χ4n) is 1.79. The van der Waals surface area contributed by atoms with E-state index in [1.54, 1.807) is 18.9 Å². The van der Waals surface area contributed by atoms with Crippen molar-refractivity contribution in [2.24, 2.45) is 0 Å². The van der Waals surface area contributed by atoms with Gasteiger partial charge in [0.25, 0.3) is 0 Å². The van der Waals surface area contributed by atoms with Gasteiger partial charge in [0, 0.05) is 6.54 Å². The highest BCUT2D eigenvalue weighted by Crippen LogP contribution is 2.19. The fourth-order valence-corrected chi connectivity index (χ4v) is 1.79. The van der Waals surface area contributed by atoms with Gasteiger partial charge in [-0.3, -0.25) is 9.69 Å². The van der Waals surface area contributed by atoms with Crippen molar-refractivity contribution in [3.63, 3.8) is 0 Å². The molecule has 0 aliphatic rings. The summed E-state index contributed by atoms with van der Waals surface area (Å²) >= 11 is 0. The number of benzene rings is 1. The van der Waals surface area contributed by atoms with Crippen LogP contribution in [-0.4, -0.2) is 29.1 Å². The summed E-state index contributed by atoms with van der Waals surface area (Å²) < 4.78 is 13.6. The Balaban J connectivity index is 2.85. The lowest BCUT2D eigenvalue weighted by atomic mass is 10.1. The third kappa shape index (κ3) is 3.28. The predicted octanol–water partition coefficient (Wildman–Crippen LogP) is 2.67. The molecule has 96 valence electrons. The number of halogens is 1. The van der Waals surface area contributed by atoms with Gasteiger partial charge in [-0.25, -0.2) is 9.24 Å². The van der Waals surface area contributed by atoms with Crippen LogP contribution in [0.5, 0.6) is 0 Å². The first-order chi connectivity index (χ1) is 8.49. The van der Waals surface area contributed by atoms with Crippen LogP contribution in [-0.2, 0) is 11.3 Å². The molecule has 18 heavy (non-hydrogen) atoms. The molecule has 0 aliphatic heterocycles. The maximum Gasteiger partial charge on any atom is 0.320 e. The van der Waals surface area contributed by atoms with Crippen LogP contribution in [0.25, 0.3) is 4.85 Å². The maximum absolute atomic E-state index is 13.6. The lowest BCUT2D eigenvalue weighted by Crippen LogP contribution is -2.37. The molecule has 1 aromatic rings. The standard InChI is InChI=1S/C13H15FN2O2/c1-4-12(13(17)18)16(3)8-9-5-6-10(15-2)7-11(9)14/h5-7,12H,4,8H2,1,3H3,(H,17,18). The average Bonchev–Trinajstić information content (AvgIpc) is 2.32. The van der Waals surface area contributed by atoms with Gasteiger partial charge in [-0.15, -0.1) is 0 Å². The first-order valence-electron chi connectivity index (χ1n) is 5.58. The van der Waals surface area contributed by atoms with Crippen LogP contribution < -0.4 is 0 Å². The Morgan fingerprint density at radius 2 is 2.28 bits per heavy atom. The number of carboxylic acid groups (broad SMARTS) is 1. The molecule has 1 N–H and O–H groups in total. The molecule has 0 saturated heterocycles. The molecule has 1 aromatic carbocycles. The SMILES string of the molecule is [C-]#[N+]c1ccc(CN(C)C(CC)C(=O)O)c(F)c1. The van der Waals surface area contributed by atoms with Crippen molar-refractivity contribution in [1.82, 2.24) is 4.90 Å². The minimum absolute atomic E-state index is 0.203. The van der Waals surface area contributed by atoms with Gasteiger partial charge >= 0.3 is 5.97 Å². The van der Waals surface area contributed by atoms with Gasteiger partial charge < -0.3 is 5.11 Å². The second-order valence-electron chi connectivity index (χ2n) is 4.06. The highest BCUT2D eigenvalue weighted by Gasteiger charge is 2.21. The molecule has 0 aliphatic carbocycles. The Bertz CT molecular complexity index is 482. The summed E-state index contributed by atoms with van der Waals surface area (Å²) in [6, 6.07) is 3.58. The minimum Gasteiger partial charge on any atom is -0.480 e. The number of likely N-dealkylation sites (N-methyl/N-ethyl adjacent to an activating group) is 1. The lowest BCUT2D eigenvalue weighted by molar-refractivity contribution is -0.143. The van der Waals surface area contributed by atoms with E-state index in [2.05, 4.69) is 4.85 Å². The molecular weight excluding hydrogens is 235 g/mol. The quantitative estimate of drug-likeness (QED) is 0.817. The zero-order valence-electron chi connectivity index (χ0n) is 10.4. The number of aliphatic carboxylic acids is 1. The molecule has 0 spiro atoms. The summed E-state index contributed by atoms with van der Waals surface area (Å²) in [6.07, 6.45) is 0.452. The topological polar surface area (TPSA) is 44.9 Å². The van der Waals surface area contributed by atoms with Crippen LogP contribution in [0, 0.1) is 12.4 Å². The van der Waals surface area contributed by atoms with E-state index < -0.39 is 17.8 Å². The van der Waals surface area contributed by atoms with E-state index in [1.165, 1.54) is 12.1 Å². The first-order valence-corrected chi connectivity index (χ1v) is 5.58. The van der Waals surface area contributed by atoms with Gasteiger partial charge in [0.05, 0.1) is 6.57 Å². The van der Waals surface area contributed by atoms with E-state index in [4.69, 9.17) is 11.7 Å². The largest absolute Gasteiger partial charge is 0.480 e. The molecule has 1 unspecified atom stereocenters. The molecule has 0 amide bonds. The molecule has 4 nitrogen and oxygen atoms in total. The molecule has 1 rings (SSSR count). The number of hydrogen-bond donors (Lipinski definition) is 1. The smallest absolute Gasteiger partial charge is 0.320 e. The molecule has 0 saturated carbocycles. The van der Waals surface area contributed by atoms with Crippen molar-refractivity contribution in [3.05, 3.63) is 41.0 Å². The molecule has 1 atom stereocenters. The number of nitrogens with zero attached hydrogens (tertiary/aromatic N) is 2. The van der Waals surface area contributed by atoms with E-state index in [9.17, 15) is 9.18 Å². The molecule has 0 aromatic heterocycles. The fraction of sp³-hybridized carbons (Fsp3) is 0.385. The minimum atomic E-state index is -0.918. The van der Waals surface area contributed by atoms with Gasteiger partial charge in [-0.05, 0) is 25.1 Å². The van der Waals surface area contributed by atoms with E-state index in [0.29, 0.717) is 12.0 Å². The van der Waals surface area contributed by atoms with Crippen LogP contribution in [0.4, 0.5) is 10.1 Å². The van der Waals surface area contributed by atoms with Gasteiger partial charge in [-0.2, -0.15) is 0 Å². The van der Waals surface area contributed by atoms with Crippen molar-refractivity contribution in [3.8, 4) is 0 Å². The summed E-state index contributed by atoms with van der Waals surface area (Å²) in [7, 11) is 1.64. The van der Waals surface area contributed by atoms with E-state index in [1.807, 2.05) is 0 Å². The van der Waals surface area contributed by atoms with Gasteiger partial charge in [0.15, 0.2) is 5.69 Å². The Labute approximate surface area is 105 Å². The number of carboxylic acids is 1. The number of rotatable bonds is 5. The van der Waals surface area contributed by atoms with Crippen molar-refractivity contribution < 1.29 is 14.3 Å². The molecule has 0 radical (unpaired) electrons. The van der Waals surface area contributed by atoms with Gasteiger partial charge in [-0.1, -0.05) is 19.1 Å². The van der Waals surface area contributed by atoms with E-state index in [-0.39, 0.29) is 12.2 Å². The second kappa shape index (κ2) is 6.12. The maximum atomic E-state index is 13.6. The zero-order chi connectivity index (χ0) is 13.7. The molecule has 0 fully saturated rings. The molecular formula is C13H15FN2O2. The number of carbonyl (C=O) groups is 1. The average molecular weight is 250 g/mol. The van der Waals surface area contributed by atoms with E-state index >= 15 is 0 Å². The first kappa shape index (κ1) is 14.1. The lowest BCUT2D eigenvalue weighted by Gasteiger charge is -2.23. The molecule has 5 heteroatoms. The summed E-state index contributed by atoms with van der Waals surface area (Å²) in [5.41, 5.74) is 0.633. The normalized spacial score (nSPS) is 12.2. The van der Waals surface area contributed by atoms with Crippen LogP contribution in [0.1, 0.15) is 18.9 Å². The predicted molar refractivity (Wildman–Crippen MR) is 65.8 cm³/mol. The van der Waals surface area contributed by atoms with Gasteiger partial charge in [0.2, 0.25) is 0 Å². The van der Waals surface area contributed by atoms with E-state index in [0.717, 1.165) is 6.07 Å². The molecule has 0 bridgehead atoms. The Morgan fingerprint density at radius 1 is 1.61 bits per heavy atom. The Morgan fingerprint density at radius 3 is 2.72 bits per heavy atom. The van der Waals surface area contributed by atoms with Crippen molar-refractivity contribution in [1.29, 1.82) is 0 Å². The summed E-state index contributed by atoms with van der Waals surface area (Å²) in [4.78, 5) is 15.7. The second-order valence-corrected chi connectivity index (χ2v) is 4.06. The van der Waals surface area contributed by atoms with Crippen LogP contribution in [0.2, 0.25) is 0 Å². The highest BCUT2D eigenvalue weighted by atomic mass is 19.1. The van der Waals surface area contributed by atoms with Crippen LogP contribution in [0.15, 0.2) is 18.2 Å². The third-order valence-electron chi connectivity index (χ3n) is 2.79. The van der Waals surface area contributed by atoms with Gasteiger partial charge in [0.1, 0.15) is 11.9 Å². The summed E-state index contributed by atoms with van der Waals surface area (Å²) in [5, 5.41) is 9.00. The summed E-state index contributed by atoms with van der Waals surface area (Å²) in [6.45, 7) is 8.75. The number of hydrogen-bond acceptors (Lipinski definition) is 2. The van der Waals surface area contributed by atoms with Crippen molar-refractivity contribution in [2.75, 3.05) is 7.05 Å². The van der Waals surface area contributed by atoms with Crippen molar-refractivity contribution >= 4 is 11.7 Å². The van der Waals surface area contributed by atoms with Crippen molar-refractivity contribution in [2.45, 2.75) is 25.9 Å². The third-order valence-corrected chi connectivity index (χ3v) is 2.79. The highest BCUT2D eigenvalue weighted by molar-refractivity contribution is 5.73.